The summed E-state index contributed by atoms with van der Waals surface area (Å²) in [4.78, 5) is 10.1. The molecule has 0 aliphatic carbocycles. The number of guanidine groups is 1. The Hall–Kier alpha value is -0.860. The highest BCUT2D eigenvalue weighted by molar-refractivity contribution is 14.0. The first-order valence-corrected chi connectivity index (χ1v) is 10.8. The predicted octanol–water partition coefficient (Wildman–Crippen LogP) is 3.91. The number of rotatable bonds is 7. The molecule has 0 spiro atoms. The molecule has 1 aromatic carbocycles. The minimum absolute atomic E-state index is 0. The monoisotopic (exact) mass is 500 g/mol. The molecule has 2 saturated heterocycles. The zero-order valence-electron chi connectivity index (χ0n) is 17.5. The van der Waals surface area contributed by atoms with E-state index in [1.165, 1.54) is 31.5 Å². The number of benzene rings is 1. The maximum absolute atomic E-state index is 5.80. The number of likely N-dealkylation sites (tertiary alicyclic amines) is 2. The Morgan fingerprint density at radius 3 is 2.39 bits per heavy atom. The number of nitrogens with zero attached hydrogens (tertiary/aromatic N) is 3. The Kier molecular flexibility index (Phi) is 10.6. The zero-order valence-corrected chi connectivity index (χ0v) is 19.8. The second-order valence-electron chi connectivity index (χ2n) is 7.51. The predicted molar refractivity (Wildman–Crippen MR) is 128 cm³/mol. The highest BCUT2D eigenvalue weighted by Crippen LogP contribution is 2.25. The summed E-state index contributed by atoms with van der Waals surface area (Å²) in [7, 11) is 0. The summed E-state index contributed by atoms with van der Waals surface area (Å²) in [6.07, 6.45) is 5.20. The van der Waals surface area contributed by atoms with Crippen molar-refractivity contribution >= 4 is 29.9 Å². The molecule has 5 nitrogen and oxygen atoms in total. The number of hydrogen-bond donors (Lipinski definition) is 1. The van der Waals surface area contributed by atoms with Crippen molar-refractivity contribution in [3.8, 4) is 0 Å². The molecule has 2 aliphatic heterocycles. The summed E-state index contributed by atoms with van der Waals surface area (Å²) in [6.45, 7) is 11.2. The molecule has 0 radical (unpaired) electrons. The second-order valence-corrected chi connectivity index (χ2v) is 7.51. The van der Waals surface area contributed by atoms with Crippen LogP contribution in [0.3, 0.4) is 0 Å². The Balaban J connectivity index is 0.00000280. The van der Waals surface area contributed by atoms with Crippen LogP contribution in [-0.4, -0.2) is 67.7 Å². The average molecular weight is 500 g/mol. The van der Waals surface area contributed by atoms with Gasteiger partial charge in [0, 0.05) is 26.2 Å². The van der Waals surface area contributed by atoms with Crippen LogP contribution in [0.25, 0.3) is 0 Å². The maximum atomic E-state index is 5.80. The first kappa shape index (κ1) is 23.4. The third-order valence-corrected chi connectivity index (χ3v) is 5.66. The lowest BCUT2D eigenvalue weighted by atomic mass is 10.1. The molecule has 0 aromatic heterocycles. The van der Waals surface area contributed by atoms with E-state index in [9.17, 15) is 0 Å². The summed E-state index contributed by atoms with van der Waals surface area (Å²) >= 11 is 0. The molecule has 158 valence electrons. The van der Waals surface area contributed by atoms with Crippen molar-refractivity contribution in [3.63, 3.8) is 0 Å². The SMILES string of the molecule is CCNC(=NCC(c1ccccc1)N1CCCC1)N1CCC(OCC)CC1.I. The van der Waals surface area contributed by atoms with Crippen LogP contribution in [0, 0.1) is 0 Å². The van der Waals surface area contributed by atoms with Crippen LogP contribution in [0.4, 0.5) is 0 Å². The average Bonchev–Trinajstić information content (AvgIpc) is 3.24. The van der Waals surface area contributed by atoms with Crippen molar-refractivity contribution < 1.29 is 4.74 Å². The van der Waals surface area contributed by atoms with Gasteiger partial charge in [-0.25, -0.2) is 0 Å². The molecule has 0 amide bonds. The lowest BCUT2D eigenvalue weighted by Gasteiger charge is -2.34. The van der Waals surface area contributed by atoms with E-state index in [4.69, 9.17) is 9.73 Å². The topological polar surface area (TPSA) is 40.1 Å². The second kappa shape index (κ2) is 12.6. The number of aliphatic imine (C=N–C) groups is 1. The molecule has 1 N–H and O–H groups in total. The summed E-state index contributed by atoms with van der Waals surface area (Å²) in [5.41, 5.74) is 1.38. The van der Waals surface area contributed by atoms with Crippen LogP contribution >= 0.6 is 24.0 Å². The number of piperidine rings is 1. The fourth-order valence-electron chi connectivity index (χ4n) is 4.23. The van der Waals surface area contributed by atoms with E-state index < -0.39 is 0 Å². The van der Waals surface area contributed by atoms with Gasteiger partial charge in [-0.15, -0.1) is 24.0 Å². The van der Waals surface area contributed by atoms with Crippen LogP contribution in [-0.2, 0) is 4.74 Å². The first-order valence-electron chi connectivity index (χ1n) is 10.8. The molecular formula is C22H37IN4O. The van der Waals surface area contributed by atoms with Gasteiger partial charge in [-0.3, -0.25) is 9.89 Å². The molecule has 3 rings (SSSR count). The van der Waals surface area contributed by atoms with E-state index in [1.807, 2.05) is 0 Å². The maximum Gasteiger partial charge on any atom is 0.193 e. The van der Waals surface area contributed by atoms with Crippen LogP contribution in [0.5, 0.6) is 0 Å². The van der Waals surface area contributed by atoms with Crippen molar-refractivity contribution in [1.82, 2.24) is 15.1 Å². The van der Waals surface area contributed by atoms with Gasteiger partial charge >= 0.3 is 0 Å². The van der Waals surface area contributed by atoms with Gasteiger partial charge in [-0.1, -0.05) is 30.3 Å². The standard InChI is InChI=1S/C22H36N4O.HI/c1-3-23-22(26-16-12-20(13-17-26)27-4-2)24-18-21(25-14-8-9-15-25)19-10-6-5-7-11-19;/h5-7,10-11,20-21H,3-4,8-9,12-18H2,1-2H3,(H,23,24);1H. The summed E-state index contributed by atoms with van der Waals surface area (Å²) in [5, 5.41) is 3.51. The molecule has 28 heavy (non-hydrogen) atoms. The minimum Gasteiger partial charge on any atom is -0.378 e. The molecule has 1 unspecified atom stereocenters. The van der Waals surface area contributed by atoms with Gasteiger partial charge < -0.3 is 15.0 Å². The highest BCUT2D eigenvalue weighted by Gasteiger charge is 2.25. The number of halogens is 1. The fraction of sp³-hybridized carbons (Fsp3) is 0.682. The first-order chi connectivity index (χ1) is 13.3. The number of nitrogens with one attached hydrogen (secondary N) is 1. The Morgan fingerprint density at radius 1 is 1.11 bits per heavy atom. The van der Waals surface area contributed by atoms with E-state index in [0.717, 1.165) is 51.6 Å². The Morgan fingerprint density at radius 2 is 1.79 bits per heavy atom. The minimum atomic E-state index is 0. The van der Waals surface area contributed by atoms with Gasteiger partial charge in [0.25, 0.3) is 0 Å². The van der Waals surface area contributed by atoms with E-state index in [0.29, 0.717) is 12.1 Å². The number of hydrogen-bond acceptors (Lipinski definition) is 3. The normalized spacial score (nSPS) is 20.1. The summed E-state index contributed by atoms with van der Waals surface area (Å²) in [5.74, 6) is 1.06. The van der Waals surface area contributed by atoms with Crippen molar-refractivity contribution in [3.05, 3.63) is 35.9 Å². The molecule has 2 aliphatic rings. The third kappa shape index (κ3) is 6.59. The molecule has 2 heterocycles. The van der Waals surface area contributed by atoms with Crippen molar-refractivity contribution in [2.24, 2.45) is 4.99 Å². The highest BCUT2D eigenvalue weighted by atomic mass is 127. The zero-order chi connectivity index (χ0) is 18.9. The molecule has 0 saturated carbocycles. The smallest absolute Gasteiger partial charge is 0.193 e. The Labute approximate surface area is 187 Å². The van der Waals surface area contributed by atoms with Crippen molar-refractivity contribution in [2.45, 2.75) is 51.7 Å². The van der Waals surface area contributed by atoms with Gasteiger partial charge in [0.15, 0.2) is 5.96 Å². The van der Waals surface area contributed by atoms with Crippen molar-refractivity contribution in [2.75, 3.05) is 45.9 Å². The fourth-order valence-corrected chi connectivity index (χ4v) is 4.23. The van der Waals surface area contributed by atoms with E-state index >= 15 is 0 Å². The summed E-state index contributed by atoms with van der Waals surface area (Å²) in [6, 6.07) is 11.3. The molecular weight excluding hydrogens is 463 g/mol. The van der Waals surface area contributed by atoms with Crippen LogP contribution < -0.4 is 5.32 Å². The van der Waals surface area contributed by atoms with Gasteiger partial charge in [-0.05, 0) is 58.2 Å². The van der Waals surface area contributed by atoms with Crippen LogP contribution in [0.15, 0.2) is 35.3 Å². The molecule has 1 aromatic rings. The van der Waals surface area contributed by atoms with Crippen molar-refractivity contribution in [1.29, 1.82) is 0 Å². The van der Waals surface area contributed by atoms with Gasteiger partial charge in [0.2, 0.25) is 0 Å². The quantitative estimate of drug-likeness (QED) is 0.350. The molecule has 1 atom stereocenters. The molecule has 0 bridgehead atoms. The lowest BCUT2D eigenvalue weighted by molar-refractivity contribution is 0.0263. The van der Waals surface area contributed by atoms with E-state index in [1.54, 1.807) is 0 Å². The largest absolute Gasteiger partial charge is 0.378 e. The summed E-state index contributed by atoms with van der Waals surface area (Å²) < 4.78 is 5.80. The Bertz CT molecular complexity index is 569. The van der Waals surface area contributed by atoms with Gasteiger partial charge in [0.1, 0.15) is 0 Å². The number of ether oxygens (including phenoxy) is 1. The van der Waals surface area contributed by atoms with Gasteiger partial charge in [0.05, 0.1) is 18.7 Å². The van der Waals surface area contributed by atoms with Crippen LogP contribution in [0.1, 0.15) is 51.1 Å². The molecule has 6 heteroatoms. The van der Waals surface area contributed by atoms with Crippen LogP contribution in [0.2, 0.25) is 0 Å². The van der Waals surface area contributed by atoms with Gasteiger partial charge in [-0.2, -0.15) is 0 Å². The van der Waals surface area contributed by atoms with E-state index in [2.05, 4.69) is 59.3 Å². The molecule has 2 fully saturated rings. The third-order valence-electron chi connectivity index (χ3n) is 5.66. The lowest BCUT2D eigenvalue weighted by Crippen LogP contribution is -2.47. The van der Waals surface area contributed by atoms with E-state index in [-0.39, 0.29) is 24.0 Å².